The number of likely N-dealkylation sites (tertiary alicyclic amines) is 1. The number of hydrogen-bond acceptors (Lipinski definition) is 5. The van der Waals surface area contributed by atoms with Gasteiger partial charge in [0.2, 0.25) is 23.6 Å². The van der Waals surface area contributed by atoms with Gasteiger partial charge in [0.15, 0.2) is 0 Å². The first-order valence-electron chi connectivity index (χ1n) is 10.8. The summed E-state index contributed by atoms with van der Waals surface area (Å²) < 4.78 is 0. The lowest BCUT2D eigenvalue weighted by atomic mass is 9.76. The summed E-state index contributed by atoms with van der Waals surface area (Å²) in [6, 6.07) is 2.57. The molecule has 4 amide bonds. The van der Waals surface area contributed by atoms with E-state index in [0.29, 0.717) is 21.8 Å². The lowest BCUT2D eigenvalue weighted by molar-refractivity contribution is -0.146. The molecule has 5 rings (SSSR count). The number of primary amides is 1. The van der Waals surface area contributed by atoms with Gasteiger partial charge in [0.1, 0.15) is 5.54 Å². The second-order valence-corrected chi connectivity index (χ2v) is 9.53. The number of nitrogens with two attached hydrogens (primary N) is 1. The molecule has 2 saturated heterocycles. The Morgan fingerprint density at radius 1 is 1.19 bits per heavy atom. The third-order valence-corrected chi connectivity index (χ3v) is 7.89. The van der Waals surface area contributed by atoms with Crippen molar-refractivity contribution in [3.63, 3.8) is 0 Å². The summed E-state index contributed by atoms with van der Waals surface area (Å²) in [5, 5.41) is 6.58. The van der Waals surface area contributed by atoms with Crippen molar-refractivity contribution < 1.29 is 19.2 Å². The van der Waals surface area contributed by atoms with Gasteiger partial charge in [0, 0.05) is 29.1 Å². The molecule has 164 valence electrons. The van der Waals surface area contributed by atoms with Crippen LogP contribution >= 0.6 is 11.6 Å². The van der Waals surface area contributed by atoms with Crippen LogP contribution < -0.4 is 16.4 Å². The standard InChI is InChI=1S/C22H25ClN4O4/c1-10-13(23)8-7-12-18(10)25-21(31)22(12)17-16(14(26-22)9-15(24)28)19(29)27(20(17)30)11-5-3-2-4-6-11/h7-8,11,14,16-17,26H,2-6,9H2,1H3,(H2,24,28)(H,25,31). The van der Waals surface area contributed by atoms with Crippen LogP contribution in [0.25, 0.3) is 0 Å². The number of rotatable bonds is 3. The highest BCUT2D eigenvalue weighted by Gasteiger charge is 2.71. The Kier molecular flexibility index (Phi) is 4.64. The number of imide groups is 1. The highest BCUT2D eigenvalue weighted by atomic mass is 35.5. The summed E-state index contributed by atoms with van der Waals surface area (Å²) in [5.41, 5.74) is 5.88. The van der Waals surface area contributed by atoms with E-state index in [9.17, 15) is 19.2 Å². The van der Waals surface area contributed by atoms with Gasteiger partial charge in [0.05, 0.1) is 17.5 Å². The minimum Gasteiger partial charge on any atom is -0.370 e. The molecule has 1 aromatic rings. The predicted octanol–water partition coefficient (Wildman–Crippen LogP) is 1.58. The molecule has 1 aromatic carbocycles. The van der Waals surface area contributed by atoms with E-state index in [4.69, 9.17) is 17.3 Å². The summed E-state index contributed by atoms with van der Waals surface area (Å²) in [6.45, 7) is 1.80. The van der Waals surface area contributed by atoms with Gasteiger partial charge in [-0.1, -0.05) is 36.9 Å². The van der Waals surface area contributed by atoms with Crippen molar-refractivity contribution in [2.75, 3.05) is 5.32 Å². The lowest BCUT2D eigenvalue weighted by Gasteiger charge is -2.33. The maximum absolute atomic E-state index is 13.7. The van der Waals surface area contributed by atoms with Crippen molar-refractivity contribution in [2.24, 2.45) is 17.6 Å². The smallest absolute Gasteiger partial charge is 0.250 e. The maximum atomic E-state index is 13.7. The van der Waals surface area contributed by atoms with Crippen molar-refractivity contribution in [1.29, 1.82) is 0 Å². The Morgan fingerprint density at radius 2 is 1.90 bits per heavy atom. The van der Waals surface area contributed by atoms with Crippen molar-refractivity contribution >= 4 is 40.9 Å². The average molecular weight is 445 g/mol. The Bertz CT molecular complexity index is 1020. The monoisotopic (exact) mass is 444 g/mol. The van der Waals surface area contributed by atoms with Gasteiger partial charge >= 0.3 is 0 Å². The average Bonchev–Trinajstić information content (AvgIpc) is 3.30. The van der Waals surface area contributed by atoms with E-state index in [1.165, 1.54) is 4.90 Å². The van der Waals surface area contributed by atoms with E-state index in [-0.39, 0.29) is 24.3 Å². The Labute approximate surface area is 184 Å². The number of hydrogen-bond donors (Lipinski definition) is 3. The molecule has 31 heavy (non-hydrogen) atoms. The first-order valence-corrected chi connectivity index (χ1v) is 11.2. The van der Waals surface area contributed by atoms with E-state index in [0.717, 1.165) is 32.1 Å². The highest BCUT2D eigenvalue weighted by Crippen LogP contribution is 2.55. The Balaban J connectivity index is 1.65. The lowest BCUT2D eigenvalue weighted by Crippen LogP contribution is -2.54. The summed E-state index contributed by atoms with van der Waals surface area (Å²) in [5.74, 6) is -3.36. The van der Waals surface area contributed by atoms with Crippen molar-refractivity contribution in [3.05, 3.63) is 28.3 Å². The number of anilines is 1. The summed E-state index contributed by atoms with van der Waals surface area (Å²) in [6.07, 6.45) is 4.43. The molecular weight excluding hydrogens is 420 g/mol. The molecule has 4 N–H and O–H groups in total. The van der Waals surface area contributed by atoms with Crippen LogP contribution in [0.5, 0.6) is 0 Å². The predicted molar refractivity (Wildman–Crippen MR) is 113 cm³/mol. The van der Waals surface area contributed by atoms with Crippen LogP contribution in [0, 0.1) is 18.8 Å². The minimum absolute atomic E-state index is 0.129. The number of halogens is 1. The number of carbonyl (C=O) groups is 4. The van der Waals surface area contributed by atoms with E-state index in [1.807, 2.05) is 0 Å². The molecule has 0 bridgehead atoms. The van der Waals surface area contributed by atoms with Gasteiger partial charge in [-0.3, -0.25) is 29.4 Å². The number of nitrogens with one attached hydrogen (secondary N) is 2. The zero-order chi connectivity index (χ0) is 22.1. The largest absolute Gasteiger partial charge is 0.370 e. The Hall–Kier alpha value is -2.45. The normalized spacial score (nSPS) is 32.5. The SMILES string of the molecule is Cc1c(Cl)ccc2c1NC(=O)C21NC(CC(N)=O)C2C(=O)N(C3CCCCC3)C(=O)C21. The van der Waals surface area contributed by atoms with Gasteiger partial charge in [-0.2, -0.15) is 0 Å². The van der Waals surface area contributed by atoms with Crippen LogP contribution in [0.2, 0.25) is 5.02 Å². The van der Waals surface area contributed by atoms with Crippen LogP contribution in [0.3, 0.4) is 0 Å². The third kappa shape index (κ3) is 2.70. The number of nitrogens with zero attached hydrogens (tertiary/aromatic N) is 1. The first-order chi connectivity index (χ1) is 14.8. The quantitative estimate of drug-likeness (QED) is 0.611. The van der Waals surface area contributed by atoms with Crippen LogP contribution in [0.1, 0.15) is 49.7 Å². The molecule has 4 atom stereocenters. The molecule has 8 nitrogen and oxygen atoms in total. The molecule has 1 aliphatic carbocycles. The molecule has 3 aliphatic heterocycles. The molecule has 1 saturated carbocycles. The molecule has 9 heteroatoms. The third-order valence-electron chi connectivity index (χ3n) is 7.48. The summed E-state index contributed by atoms with van der Waals surface area (Å²) in [4.78, 5) is 53.9. The molecule has 3 heterocycles. The molecule has 0 radical (unpaired) electrons. The number of fused-ring (bicyclic) bond motifs is 4. The topological polar surface area (TPSA) is 122 Å². The van der Waals surface area contributed by atoms with E-state index >= 15 is 0 Å². The van der Waals surface area contributed by atoms with E-state index in [1.54, 1.807) is 19.1 Å². The van der Waals surface area contributed by atoms with Crippen molar-refractivity contribution in [3.8, 4) is 0 Å². The van der Waals surface area contributed by atoms with E-state index in [2.05, 4.69) is 10.6 Å². The maximum Gasteiger partial charge on any atom is 0.250 e. The first kappa shape index (κ1) is 20.5. The number of amides is 4. The number of benzene rings is 1. The molecular formula is C22H25ClN4O4. The van der Waals surface area contributed by atoms with Gasteiger partial charge in [0.25, 0.3) is 0 Å². The summed E-state index contributed by atoms with van der Waals surface area (Å²) >= 11 is 6.26. The fourth-order valence-corrected chi connectivity index (χ4v) is 6.26. The van der Waals surface area contributed by atoms with Crippen LogP contribution in [0.15, 0.2) is 12.1 Å². The van der Waals surface area contributed by atoms with E-state index < -0.39 is 35.2 Å². The zero-order valence-electron chi connectivity index (χ0n) is 17.2. The van der Waals surface area contributed by atoms with Gasteiger partial charge in [-0.25, -0.2) is 0 Å². The minimum atomic E-state index is -1.42. The molecule has 0 aromatic heterocycles. The van der Waals surface area contributed by atoms with Crippen molar-refractivity contribution in [2.45, 2.75) is 63.1 Å². The van der Waals surface area contributed by atoms with Gasteiger partial charge < -0.3 is 11.1 Å². The molecule has 3 fully saturated rings. The number of carbonyl (C=O) groups excluding carboxylic acids is 4. The Morgan fingerprint density at radius 3 is 2.58 bits per heavy atom. The van der Waals surface area contributed by atoms with Crippen molar-refractivity contribution in [1.82, 2.24) is 10.2 Å². The highest BCUT2D eigenvalue weighted by molar-refractivity contribution is 6.32. The van der Waals surface area contributed by atoms with Crippen LogP contribution in [0.4, 0.5) is 5.69 Å². The zero-order valence-corrected chi connectivity index (χ0v) is 18.0. The molecule has 4 aliphatic rings. The fourth-order valence-electron chi connectivity index (χ4n) is 6.10. The summed E-state index contributed by atoms with van der Waals surface area (Å²) in [7, 11) is 0. The van der Waals surface area contributed by atoms with Gasteiger partial charge in [-0.15, -0.1) is 0 Å². The second-order valence-electron chi connectivity index (χ2n) is 9.12. The fraction of sp³-hybridized carbons (Fsp3) is 0.545. The van der Waals surface area contributed by atoms with Crippen LogP contribution in [-0.2, 0) is 24.7 Å². The molecule has 1 spiro atoms. The molecule has 4 unspecified atom stereocenters. The van der Waals surface area contributed by atoms with Gasteiger partial charge in [-0.05, 0) is 31.4 Å². The van der Waals surface area contributed by atoms with Crippen LogP contribution in [-0.4, -0.2) is 40.6 Å². The second kappa shape index (κ2) is 7.03.